The van der Waals surface area contributed by atoms with Crippen LogP contribution in [0.2, 0.25) is 0 Å². The molecule has 1 aromatic rings. The van der Waals surface area contributed by atoms with Gasteiger partial charge in [0.05, 0.1) is 4.92 Å². The van der Waals surface area contributed by atoms with Gasteiger partial charge in [0.15, 0.2) is 0 Å². The van der Waals surface area contributed by atoms with E-state index in [1.807, 2.05) is 11.9 Å². The number of likely N-dealkylation sites (N-methyl/N-ethyl adjacent to an activating group) is 1. The number of nitro benzene ring substituents is 1. The maximum absolute atomic E-state index is 11.3. The van der Waals surface area contributed by atoms with Crippen molar-refractivity contribution >= 4 is 23.5 Å². The molecule has 0 bridgehead atoms. The van der Waals surface area contributed by atoms with Crippen molar-refractivity contribution in [3.05, 3.63) is 28.3 Å². The summed E-state index contributed by atoms with van der Waals surface area (Å²) >= 11 is 0. The monoisotopic (exact) mass is 278 g/mol. The first-order valence-electron chi connectivity index (χ1n) is 6.43. The summed E-state index contributed by atoms with van der Waals surface area (Å²) in [4.78, 5) is 27.1. The summed E-state index contributed by atoms with van der Waals surface area (Å²) < 4.78 is 0. The topological polar surface area (TPSA) is 69.9 Å². The van der Waals surface area contributed by atoms with E-state index in [0.717, 1.165) is 26.2 Å². The Bertz CT molecular complexity index is 512. The fourth-order valence-corrected chi connectivity index (χ4v) is 2.25. The van der Waals surface area contributed by atoms with Crippen molar-refractivity contribution in [2.75, 3.05) is 50.1 Å². The molecule has 1 heterocycles. The highest BCUT2D eigenvalue weighted by Crippen LogP contribution is 2.32. The molecular weight excluding hydrogens is 260 g/mol. The van der Waals surface area contributed by atoms with Crippen molar-refractivity contribution in [2.24, 2.45) is 0 Å². The molecule has 0 radical (unpaired) electrons. The van der Waals surface area contributed by atoms with Crippen molar-refractivity contribution in [2.45, 2.75) is 0 Å². The maximum atomic E-state index is 11.3. The van der Waals surface area contributed by atoms with Gasteiger partial charge in [-0.1, -0.05) is 0 Å². The first kappa shape index (κ1) is 14.3. The molecule has 0 spiro atoms. The molecule has 7 nitrogen and oxygen atoms in total. The lowest BCUT2D eigenvalue weighted by molar-refractivity contribution is -0.384. The molecule has 1 aliphatic rings. The highest BCUT2D eigenvalue weighted by molar-refractivity contribution is 5.78. The van der Waals surface area contributed by atoms with E-state index >= 15 is 0 Å². The second kappa shape index (κ2) is 5.87. The van der Waals surface area contributed by atoms with Gasteiger partial charge in [-0.25, -0.2) is 0 Å². The number of hydrogen-bond donors (Lipinski definition) is 0. The Morgan fingerprint density at radius 2 is 1.95 bits per heavy atom. The molecular formula is C13H18N4O3. The summed E-state index contributed by atoms with van der Waals surface area (Å²) in [6, 6.07) is 4.90. The molecule has 1 saturated heterocycles. The summed E-state index contributed by atoms with van der Waals surface area (Å²) in [5.74, 6) is 0. The number of nitro groups is 1. The molecule has 0 aromatic heterocycles. The second-order valence-corrected chi connectivity index (χ2v) is 4.94. The highest BCUT2D eigenvalue weighted by Gasteiger charge is 2.23. The summed E-state index contributed by atoms with van der Waals surface area (Å²) in [6.45, 7) is 3.29. The van der Waals surface area contributed by atoms with Gasteiger partial charge in [0.25, 0.3) is 5.69 Å². The zero-order valence-corrected chi connectivity index (χ0v) is 11.7. The van der Waals surface area contributed by atoms with Gasteiger partial charge in [-0.15, -0.1) is 0 Å². The van der Waals surface area contributed by atoms with Crippen LogP contribution in [-0.4, -0.2) is 56.5 Å². The fraction of sp³-hybridized carbons (Fsp3) is 0.462. The van der Waals surface area contributed by atoms with Crippen molar-refractivity contribution in [3.8, 4) is 0 Å². The van der Waals surface area contributed by atoms with E-state index in [1.54, 1.807) is 19.2 Å². The van der Waals surface area contributed by atoms with E-state index in [9.17, 15) is 14.9 Å². The van der Waals surface area contributed by atoms with Crippen LogP contribution in [0.4, 0.5) is 17.1 Å². The second-order valence-electron chi connectivity index (χ2n) is 4.94. The number of rotatable bonds is 4. The molecule has 108 valence electrons. The normalized spacial score (nSPS) is 16.0. The molecule has 7 heteroatoms. The van der Waals surface area contributed by atoms with Crippen molar-refractivity contribution in [3.63, 3.8) is 0 Å². The van der Waals surface area contributed by atoms with Gasteiger partial charge in [0.1, 0.15) is 5.69 Å². The number of carbonyl (C=O) groups excluding carboxylic acids is 1. The van der Waals surface area contributed by atoms with Crippen LogP contribution >= 0.6 is 0 Å². The van der Waals surface area contributed by atoms with Gasteiger partial charge in [-0.3, -0.25) is 14.9 Å². The number of benzene rings is 1. The van der Waals surface area contributed by atoms with Gasteiger partial charge in [-0.2, -0.15) is 0 Å². The lowest BCUT2D eigenvalue weighted by atomic mass is 10.2. The standard InChI is InChI=1S/C13H18N4O3/c1-14-5-7-16(8-6-14)12-4-3-11(15(2)10-18)9-13(12)17(19)20/h3-4,9-10H,5-8H2,1-2H3. The molecule has 0 unspecified atom stereocenters. The third-order valence-electron chi connectivity index (χ3n) is 3.57. The van der Waals surface area contributed by atoms with E-state index < -0.39 is 4.92 Å². The lowest BCUT2D eigenvalue weighted by Crippen LogP contribution is -2.44. The fourth-order valence-electron chi connectivity index (χ4n) is 2.25. The molecule has 1 amide bonds. The third-order valence-corrected chi connectivity index (χ3v) is 3.57. The smallest absolute Gasteiger partial charge is 0.294 e. The Kier molecular flexibility index (Phi) is 4.19. The molecule has 2 rings (SSSR count). The van der Waals surface area contributed by atoms with Crippen LogP contribution < -0.4 is 9.80 Å². The van der Waals surface area contributed by atoms with Gasteiger partial charge in [-0.05, 0) is 19.2 Å². The highest BCUT2D eigenvalue weighted by atomic mass is 16.6. The predicted octanol–water partition coefficient (Wildman–Crippen LogP) is 0.939. The van der Waals surface area contributed by atoms with E-state index in [-0.39, 0.29) is 5.69 Å². The molecule has 1 aliphatic heterocycles. The Morgan fingerprint density at radius 1 is 1.30 bits per heavy atom. The largest absolute Gasteiger partial charge is 0.363 e. The Morgan fingerprint density at radius 3 is 2.50 bits per heavy atom. The summed E-state index contributed by atoms with van der Waals surface area (Å²) in [5, 5.41) is 11.3. The summed E-state index contributed by atoms with van der Waals surface area (Å²) in [6.07, 6.45) is 0.634. The van der Waals surface area contributed by atoms with Crippen LogP contribution in [0.1, 0.15) is 0 Å². The molecule has 20 heavy (non-hydrogen) atoms. The zero-order chi connectivity index (χ0) is 14.7. The maximum Gasteiger partial charge on any atom is 0.294 e. The number of amides is 1. The Balaban J connectivity index is 2.33. The Hall–Kier alpha value is -2.15. The predicted molar refractivity (Wildman–Crippen MR) is 77.3 cm³/mol. The molecule has 1 aromatic carbocycles. The summed E-state index contributed by atoms with van der Waals surface area (Å²) in [7, 11) is 3.61. The first-order valence-corrected chi connectivity index (χ1v) is 6.43. The van der Waals surface area contributed by atoms with Crippen molar-refractivity contribution in [1.82, 2.24) is 4.90 Å². The zero-order valence-electron chi connectivity index (χ0n) is 11.7. The van der Waals surface area contributed by atoms with E-state index in [0.29, 0.717) is 17.8 Å². The van der Waals surface area contributed by atoms with Gasteiger partial charge >= 0.3 is 0 Å². The lowest BCUT2D eigenvalue weighted by Gasteiger charge is -2.33. The van der Waals surface area contributed by atoms with Crippen LogP contribution in [0.3, 0.4) is 0 Å². The van der Waals surface area contributed by atoms with Crippen LogP contribution in [0.15, 0.2) is 18.2 Å². The first-order chi connectivity index (χ1) is 9.52. The van der Waals surface area contributed by atoms with Gasteiger partial charge in [0.2, 0.25) is 6.41 Å². The average molecular weight is 278 g/mol. The summed E-state index contributed by atoms with van der Waals surface area (Å²) in [5.41, 5.74) is 1.18. The number of carbonyl (C=O) groups is 1. The quantitative estimate of drug-likeness (QED) is 0.466. The van der Waals surface area contributed by atoms with Gasteiger partial charge < -0.3 is 14.7 Å². The molecule has 0 atom stereocenters. The molecule has 1 fully saturated rings. The third kappa shape index (κ3) is 2.88. The minimum absolute atomic E-state index is 0.0424. The van der Waals surface area contributed by atoms with Crippen LogP contribution in [0, 0.1) is 10.1 Å². The minimum Gasteiger partial charge on any atom is -0.363 e. The molecule has 0 aliphatic carbocycles. The minimum atomic E-state index is -0.393. The SMILES string of the molecule is CN1CCN(c2ccc(N(C)C=O)cc2[N+](=O)[O-])CC1. The van der Waals surface area contributed by atoms with E-state index in [1.165, 1.54) is 11.0 Å². The van der Waals surface area contributed by atoms with E-state index in [4.69, 9.17) is 0 Å². The van der Waals surface area contributed by atoms with Crippen LogP contribution in [-0.2, 0) is 4.79 Å². The van der Waals surface area contributed by atoms with Crippen molar-refractivity contribution < 1.29 is 9.72 Å². The molecule has 0 N–H and O–H groups in total. The number of nitrogens with zero attached hydrogens (tertiary/aromatic N) is 4. The van der Waals surface area contributed by atoms with E-state index in [2.05, 4.69) is 4.90 Å². The van der Waals surface area contributed by atoms with Crippen molar-refractivity contribution in [1.29, 1.82) is 0 Å². The average Bonchev–Trinajstić information content (AvgIpc) is 2.46. The number of anilines is 2. The van der Waals surface area contributed by atoms with Crippen LogP contribution in [0.5, 0.6) is 0 Å². The number of hydrogen-bond acceptors (Lipinski definition) is 5. The van der Waals surface area contributed by atoms with Gasteiger partial charge in [0, 0.05) is 45.0 Å². The van der Waals surface area contributed by atoms with Crippen LogP contribution in [0.25, 0.3) is 0 Å². The Labute approximate surface area is 117 Å². The molecule has 0 saturated carbocycles. The number of piperazine rings is 1.